The topological polar surface area (TPSA) is 79.0 Å². The first-order chi connectivity index (χ1) is 12.5. The first-order valence-corrected chi connectivity index (χ1v) is 10.6. The van der Waals surface area contributed by atoms with Crippen LogP contribution in [0.25, 0.3) is 0 Å². The van der Waals surface area contributed by atoms with E-state index in [2.05, 4.69) is 10.2 Å². The minimum absolute atomic E-state index is 0.0434. The molecule has 1 aromatic rings. The number of carbonyl (C=O) groups is 1. The largest absolute Gasteiger partial charge is 0.379 e. The number of ether oxygens (including phenoxy) is 1. The molecule has 3 aliphatic heterocycles. The summed E-state index contributed by atoms with van der Waals surface area (Å²) >= 11 is 0. The highest BCUT2D eigenvalue weighted by atomic mass is 32.2. The summed E-state index contributed by atoms with van der Waals surface area (Å²) in [6.45, 7) is 3.31. The van der Waals surface area contributed by atoms with Crippen LogP contribution in [-0.2, 0) is 19.6 Å². The van der Waals surface area contributed by atoms with Gasteiger partial charge in [0.25, 0.3) is 0 Å². The Hall–Kier alpha value is -1.48. The minimum atomic E-state index is -3.44. The normalized spacial score (nSPS) is 29.2. The molecule has 3 fully saturated rings. The fourth-order valence-corrected chi connectivity index (χ4v) is 5.85. The molecule has 0 aromatic heterocycles. The summed E-state index contributed by atoms with van der Waals surface area (Å²) < 4.78 is 32.8. The second-order valence-corrected chi connectivity index (χ2v) is 9.32. The van der Waals surface area contributed by atoms with Crippen LogP contribution in [0.1, 0.15) is 19.3 Å². The number of sulfonamides is 1. The van der Waals surface area contributed by atoms with Crippen LogP contribution < -0.4 is 5.32 Å². The van der Waals surface area contributed by atoms with E-state index in [9.17, 15) is 13.2 Å². The molecule has 0 aliphatic carbocycles. The number of hydrogen-bond acceptors (Lipinski definition) is 5. The van der Waals surface area contributed by atoms with Crippen LogP contribution >= 0.6 is 0 Å². The number of amides is 1. The van der Waals surface area contributed by atoms with Crippen LogP contribution in [-0.4, -0.2) is 74.5 Å². The highest BCUT2D eigenvalue weighted by Gasteiger charge is 2.48. The molecule has 26 heavy (non-hydrogen) atoms. The number of hydrogen-bond donors (Lipinski definition) is 1. The van der Waals surface area contributed by atoms with Crippen molar-refractivity contribution in [2.24, 2.45) is 0 Å². The molecule has 3 aliphatic rings. The van der Waals surface area contributed by atoms with Crippen LogP contribution in [0.4, 0.5) is 0 Å². The quantitative estimate of drug-likeness (QED) is 0.824. The fraction of sp³-hybridized carbons (Fsp3) is 0.611. The van der Waals surface area contributed by atoms with Gasteiger partial charge in [0.2, 0.25) is 15.9 Å². The van der Waals surface area contributed by atoms with Crippen LogP contribution in [0, 0.1) is 0 Å². The molecule has 1 spiro atoms. The standard InChI is InChI=1S/C18H25N3O4S/c22-17-12-21(18(13-19-17)8-11-25-14-18)15-6-9-20(10-7-15)26(23,24)16-4-2-1-3-5-16/h1-5,15H,6-14H2,(H,19,22). The molecule has 1 N–H and O–H groups in total. The predicted molar refractivity (Wildman–Crippen MR) is 96.1 cm³/mol. The van der Waals surface area contributed by atoms with E-state index in [0.29, 0.717) is 44.3 Å². The first-order valence-electron chi connectivity index (χ1n) is 9.18. The van der Waals surface area contributed by atoms with E-state index in [4.69, 9.17) is 4.74 Å². The number of benzene rings is 1. The molecule has 0 radical (unpaired) electrons. The van der Waals surface area contributed by atoms with Gasteiger partial charge in [-0.3, -0.25) is 9.69 Å². The van der Waals surface area contributed by atoms with Gasteiger partial charge in [-0.2, -0.15) is 4.31 Å². The van der Waals surface area contributed by atoms with Crippen molar-refractivity contribution in [3.05, 3.63) is 30.3 Å². The zero-order valence-electron chi connectivity index (χ0n) is 14.8. The highest BCUT2D eigenvalue weighted by molar-refractivity contribution is 7.89. The lowest BCUT2D eigenvalue weighted by Gasteiger charge is -2.49. The monoisotopic (exact) mass is 379 g/mol. The van der Waals surface area contributed by atoms with E-state index in [1.54, 1.807) is 28.6 Å². The van der Waals surface area contributed by atoms with Gasteiger partial charge in [0.15, 0.2) is 0 Å². The zero-order chi connectivity index (χ0) is 18.2. The molecule has 0 saturated carbocycles. The van der Waals surface area contributed by atoms with Crippen molar-refractivity contribution >= 4 is 15.9 Å². The van der Waals surface area contributed by atoms with Crippen LogP contribution in [0.2, 0.25) is 0 Å². The summed E-state index contributed by atoms with van der Waals surface area (Å²) in [7, 11) is -3.44. The molecule has 142 valence electrons. The van der Waals surface area contributed by atoms with E-state index >= 15 is 0 Å². The molecule has 3 heterocycles. The first kappa shape index (κ1) is 17.9. The third-order valence-corrected chi connectivity index (χ3v) is 7.78. The number of rotatable bonds is 3. The average molecular weight is 379 g/mol. The van der Waals surface area contributed by atoms with Crippen molar-refractivity contribution in [2.75, 3.05) is 39.4 Å². The summed E-state index contributed by atoms with van der Waals surface area (Å²) in [4.78, 5) is 14.6. The van der Waals surface area contributed by atoms with Gasteiger partial charge in [0, 0.05) is 32.3 Å². The second-order valence-electron chi connectivity index (χ2n) is 7.38. The van der Waals surface area contributed by atoms with Gasteiger partial charge in [0.1, 0.15) is 0 Å². The summed E-state index contributed by atoms with van der Waals surface area (Å²) in [6, 6.07) is 8.80. The van der Waals surface area contributed by atoms with Crippen LogP contribution in [0.15, 0.2) is 35.2 Å². The summed E-state index contributed by atoms with van der Waals surface area (Å²) in [6.07, 6.45) is 2.39. The van der Waals surface area contributed by atoms with Crippen LogP contribution in [0.5, 0.6) is 0 Å². The van der Waals surface area contributed by atoms with Gasteiger partial charge in [-0.15, -0.1) is 0 Å². The number of carbonyl (C=O) groups excluding carboxylic acids is 1. The Labute approximate surface area is 154 Å². The zero-order valence-corrected chi connectivity index (χ0v) is 15.6. The van der Waals surface area contributed by atoms with E-state index < -0.39 is 10.0 Å². The molecule has 3 saturated heterocycles. The van der Waals surface area contributed by atoms with Gasteiger partial charge in [-0.25, -0.2) is 8.42 Å². The van der Waals surface area contributed by atoms with Gasteiger partial charge in [-0.1, -0.05) is 18.2 Å². The van der Waals surface area contributed by atoms with Crippen molar-refractivity contribution in [1.29, 1.82) is 0 Å². The Kier molecular flexibility index (Phi) is 4.77. The summed E-state index contributed by atoms with van der Waals surface area (Å²) in [5.74, 6) is 0.0434. The summed E-state index contributed by atoms with van der Waals surface area (Å²) in [5.41, 5.74) is -0.126. The predicted octanol–water partition coefficient (Wildman–Crippen LogP) is 0.431. The molecule has 1 unspecified atom stereocenters. The molecule has 1 atom stereocenters. The molecular weight excluding hydrogens is 354 g/mol. The molecule has 4 rings (SSSR count). The third kappa shape index (κ3) is 3.15. The Balaban J connectivity index is 1.47. The molecule has 0 bridgehead atoms. The third-order valence-electron chi connectivity index (χ3n) is 5.87. The van der Waals surface area contributed by atoms with E-state index in [0.717, 1.165) is 19.3 Å². The second kappa shape index (κ2) is 6.92. The van der Waals surface area contributed by atoms with E-state index in [-0.39, 0.29) is 17.5 Å². The maximum absolute atomic E-state index is 12.8. The van der Waals surface area contributed by atoms with Crippen molar-refractivity contribution in [3.8, 4) is 0 Å². The Morgan fingerprint density at radius 2 is 1.88 bits per heavy atom. The molecule has 8 heteroatoms. The summed E-state index contributed by atoms with van der Waals surface area (Å²) in [5, 5.41) is 2.97. The highest BCUT2D eigenvalue weighted by Crippen LogP contribution is 2.33. The maximum Gasteiger partial charge on any atom is 0.243 e. The number of nitrogens with zero attached hydrogens (tertiary/aromatic N) is 2. The van der Waals surface area contributed by atoms with Gasteiger partial charge in [0.05, 0.1) is 23.6 Å². The Morgan fingerprint density at radius 1 is 1.15 bits per heavy atom. The SMILES string of the molecule is O=C1CN(C2CCN(S(=O)(=O)c3ccccc3)CC2)C2(CCOC2)CN1. The van der Waals surface area contributed by atoms with Gasteiger partial charge >= 0.3 is 0 Å². The molecule has 1 amide bonds. The lowest BCUT2D eigenvalue weighted by molar-refractivity contribution is -0.131. The van der Waals surface area contributed by atoms with Crippen molar-refractivity contribution < 1.29 is 17.9 Å². The van der Waals surface area contributed by atoms with Crippen molar-refractivity contribution in [1.82, 2.24) is 14.5 Å². The molecule has 7 nitrogen and oxygen atoms in total. The van der Waals surface area contributed by atoms with E-state index in [1.165, 1.54) is 0 Å². The van der Waals surface area contributed by atoms with Crippen molar-refractivity contribution in [3.63, 3.8) is 0 Å². The molecule has 1 aromatic carbocycles. The average Bonchev–Trinajstić information content (AvgIpc) is 3.14. The van der Waals surface area contributed by atoms with Crippen molar-refractivity contribution in [2.45, 2.75) is 35.7 Å². The van der Waals surface area contributed by atoms with Gasteiger partial charge in [-0.05, 0) is 31.4 Å². The number of nitrogens with one attached hydrogen (secondary N) is 1. The van der Waals surface area contributed by atoms with E-state index in [1.807, 2.05) is 6.07 Å². The minimum Gasteiger partial charge on any atom is -0.379 e. The lowest BCUT2D eigenvalue weighted by Crippen LogP contribution is -2.67. The number of piperazine rings is 1. The Morgan fingerprint density at radius 3 is 2.54 bits per heavy atom. The lowest BCUT2D eigenvalue weighted by atomic mass is 9.89. The number of piperidine rings is 1. The fourth-order valence-electron chi connectivity index (χ4n) is 4.36. The Bertz CT molecular complexity index is 754. The smallest absolute Gasteiger partial charge is 0.243 e. The maximum atomic E-state index is 12.8. The molecular formula is C18H25N3O4S. The van der Waals surface area contributed by atoms with Gasteiger partial charge < -0.3 is 10.1 Å². The van der Waals surface area contributed by atoms with Crippen LogP contribution in [0.3, 0.4) is 0 Å².